The van der Waals surface area contributed by atoms with E-state index in [2.05, 4.69) is 11.4 Å². The number of hydrogen-bond acceptors (Lipinski definition) is 3. The molecular formula is C26H27N3O2. The Bertz CT molecular complexity index is 1100. The first-order chi connectivity index (χ1) is 14.9. The number of nitrogens with one attached hydrogen (secondary N) is 1. The molecule has 5 nitrogen and oxygen atoms in total. The van der Waals surface area contributed by atoms with Gasteiger partial charge in [-0.2, -0.15) is 0 Å². The fraction of sp³-hybridized carbons (Fsp3) is 0.231. The molecule has 0 unspecified atom stereocenters. The highest BCUT2D eigenvalue weighted by atomic mass is 16.2. The number of amides is 2. The van der Waals surface area contributed by atoms with Crippen LogP contribution < -0.4 is 15.1 Å². The van der Waals surface area contributed by atoms with Gasteiger partial charge in [-0.25, -0.2) is 0 Å². The molecule has 0 saturated carbocycles. The van der Waals surface area contributed by atoms with Gasteiger partial charge in [0.05, 0.1) is 0 Å². The molecule has 0 aliphatic carbocycles. The van der Waals surface area contributed by atoms with E-state index in [9.17, 15) is 9.59 Å². The molecule has 0 radical (unpaired) electrons. The number of fused-ring (bicyclic) bond motifs is 1. The third-order valence-corrected chi connectivity index (χ3v) is 5.74. The second kappa shape index (κ2) is 8.64. The number of hydrogen-bond donors (Lipinski definition) is 1. The molecule has 4 rings (SSSR count). The molecule has 0 atom stereocenters. The van der Waals surface area contributed by atoms with Crippen LogP contribution in [0.2, 0.25) is 0 Å². The van der Waals surface area contributed by atoms with E-state index in [-0.39, 0.29) is 11.8 Å². The summed E-state index contributed by atoms with van der Waals surface area (Å²) in [6, 6.07) is 22.0. The van der Waals surface area contributed by atoms with E-state index < -0.39 is 0 Å². The summed E-state index contributed by atoms with van der Waals surface area (Å²) in [7, 11) is 4.01. The Morgan fingerprint density at radius 3 is 2.26 bits per heavy atom. The predicted molar refractivity (Wildman–Crippen MR) is 126 cm³/mol. The van der Waals surface area contributed by atoms with Crippen molar-refractivity contribution in [1.82, 2.24) is 5.32 Å². The zero-order valence-corrected chi connectivity index (χ0v) is 18.2. The molecule has 1 aliphatic heterocycles. The van der Waals surface area contributed by atoms with Gasteiger partial charge in [-0.05, 0) is 65.1 Å². The number of carbonyl (C=O) groups is 2. The van der Waals surface area contributed by atoms with E-state index in [1.165, 1.54) is 5.56 Å². The molecule has 1 N–H and O–H groups in total. The molecule has 1 aliphatic rings. The van der Waals surface area contributed by atoms with Crippen LogP contribution in [0.25, 0.3) is 11.1 Å². The van der Waals surface area contributed by atoms with Crippen LogP contribution in [0.15, 0.2) is 66.7 Å². The summed E-state index contributed by atoms with van der Waals surface area (Å²) >= 11 is 0. The van der Waals surface area contributed by atoms with Crippen LogP contribution in [0.5, 0.6) is 0 Å². The number of carbonyl (C=O) groups excluding carboxylic acids is 2. The minimum atomic E-state index is -0.0886. The maximum Gasteiger partial charge on any atom is 0.251 e. The number of anilines is 2. The number of nitrogens with zero attached hydrogens (tertiary/aromatic N) is 2. The van der Waals surface area contributed by atoms with Gasteiger partial charge in [0.1, 0.15) is 0 Å². The lowest BCUT2D eigenvalue weighted by Gasteiger charge is -2.15. The summed E-state index contributed by atoms with van der Waals surface area (Å²) in [4.78, 5) is 28.1. The molecular weight excluding hydrogens is 386 g/mol. The van der Waals surface area contributed by atoms with Crippen molar-refractivity contribution >= 4 is 23.2 Å². The third-order valence-electron chi connectivity index (χ3n) is 5.74. The second-order valence-electron chi connectivity index (χ2n) is 8.09. The van der Waals surface area contributed by atoms with Gasteiger partial charge in [0.25, 0.3) is 5.91 Å². The average molecular weight is 414 g/mol. The van der Waals surface area contributed by atoms with Gasteiger partial charge in [0, 0.05) is 51.0 Å². The zero-order valence-electron chi connectivity index (χ0n) is 18.2. The first kappa shape index (κ1) is 20.7. The van der Waals surface area contributed by atoms with E-state index in [1.807, 2.05) is 84.6 Å². The summed E-state index contributed by atoms with van der Waals surface area (Å²) in [6.07, 6.45) is 0.874. The second-order valence-corrected chi connectivity index (χ2v) is 8.09. The van der Waals surface area contributed by atoms with Crippen LogP contribution in [0.1, 0.15) is 28.4 Å². The molecule has 0 aromatic heterocycles. The Hall–Kier alpha value is -3.60. The van der Waals surface area contributed by atoms with Crippen LogP contribution in [0, 0.1) is 0 Å². The van der Waals surface area contributed by atoms with Crippen molar-refractivity contribution < 1.29 is 9.59 Å². The Morgan fingerprint density at radius 2 is 1.61 bits per heavy atom. The van der Waals surface area contributed by atoms with Gasteiger partial charge < -0.3 is 15.1 Å². The topological polar surface area (TPSA) is 52.7 Å². The van der Waals surface area contributed by atoms with Crippen molar-refractivity contribution in [3.05, 3.63) is 83.4 Å². The highest BCUT2D eigenvalue weighted by Crippen LogP contribution is 2.32. The predicted octanol–water partition coefficient (Wildman–Crippen LogP) is 4.26. The molecule has 3 aromatic rings. The largest absolute Gasteiger partial charge is 0.378 e. The smallest absolute Gasteiger partial charge is 0.251 e. The first-order valence-corrected chi connectivity index (χ1v) is 10.5. The maximum atomic E-state index is 12.5. The summed E-state index contributed by atoms with van der Waals surface area (Å²) in [6.45, 7) is 2.84. The standard InChI is InChI=1S/C26H27N3O2/c1-18(30)29-15-14-23-16-22(10-13-25(23)29)20-6-8-21(9-7-20)26(31)27-17-19-4-11-24(12-5-19)28(2)3/h4-13,16H,14-15,17H2,1-3H3,(H,27,31). The molecule has 158 valence electrons. The lowest BCUT2D eigenvalue weighted by molar-refractivity contribution is -0.116. The van der Waals surface area contributed by atoms with E-state index in [0.29, 0.717) is 12.1 Å². The van der Waals surface area contributed by atoms with Crippen molar-refractivity contribution in [3.8, 4) is 11.1 Å². The minimum Gasteiger partial charge on any atom is -0.378 e. The third kappa shape index (κ3) is 4.45. The monoisotopic (exact) mass is 413 g/mol. The van der Waals surface area contributed by atoms with Crippen molar-refractivity contribution in [2.75, 3.05) is 30.4 Å². The normalized spacial score (nSPS) is 12.4. The van der Waals surface area contributed by atoms with Crippen molar-refractivity contribution in [2.45, 2.75) is 19.9 Å². The summed E-state index contributed by atoms with van der Waals surface area (Å²) < 4.78 is 0. The molecule has 1 heterocycles. The van der Waals surface area contributed by atoms with Gasteiger partial charge in [-0.15, -0.1) is 0 Å². The van der Waals surface area contributed by atoms with Crippen molar-refractivity contribution in [3.63, 3.8) is 0 Å². The fourth-order valence-electron chi connectivity index (χ4n) is 3.92. The lowest BCUT2D eigenvalue weighted by Crippen LogP contribution is -2.25. The summed E-state index contributed by atoms with van der Waals surface area (Å²) in [5.41, 5.74) is 7.18. The Kier molecular flexibility index (Phi) is 5.76. The van der Waals surface area contributed by atoms with Crippen molar-refractivity contribution in [1.29, 1.82) is 0 Å². The van der Waals surface area contributed by atoms with E-state index >= 15 is 0 Å². The molecule has 0 bridgehead atoms. The summed E-state index contributed by atoms with van der Waals surface area (Å²) in [5.74, 6) is -0.00945. The maximum absolute atomic E-state index is 12.5. The van der Waals surface area contributed by atoms with Gasteiger partial charge in [-0.1, -0.05) is 30.3 Å². The van der Waals surface area contributed by atoms with Gasteiger partial charge >= 0.3 is 0 Å². The van der Waals surface area contributed by atoms with E-state index in [0.717, 1.165) is 41.0 Å². The molecule has 0 saturated heterocycles. The van der Waals surface area contributed by atoms with Crippen LogP contribution in [0.4, 0.5) is 11.4 Å². The minimum absolute atomic E-state index is 0.0792. The Balaban J connectivity index is 1.41. The van der Waals surface area contributed by atoms with Crippen LogP contribution >= 0.6 is 0 Å². The van der Waals surface area contributed by atoms with Gasteiger partial charge in [-0.3, -0.25) is 9.59 Å². The van der Waals surface area contributed by atoms with Gasteiger partial charge in [0.2, 0.25) is 5.91 Å². The Labute approximate surface area is 183 Å². The van der Waals surface area contributed by atoms with E-state index in [4.69, 9.17) is 0 Å². The highest BCUT2D eigenvalue weighted by Gasteiger charge is 2.22. The zero-order chi connectivity index (χ0) is 22.0. The fourth-order valence-corrected chi connectivity index (χ4v) is 3.92. The molecule has 0 spiro atoms. The number of benzene rings is 3. The van der Waals surface area contributed by atoms with Crippen LogP contribution in [-0.4, -0.2) is 32.5 Å². The quantitative estimate of drug-likeness (QED) is 0.680. The average Bonchev–Trinajstić information content (AvgIpc) is 3.21. The molecule has 3 aromatic carbocycles. The molecule has 31 heavy (non-hydrogen) atoms. The first-order valence-electron chi connectivity index (χ1n) is 10.5. The SMILES string of the molecule is CC(=O)N1CCc2cc(-c3ccc(C(=O)NCc4ccc(N(C)C)cc4)cc3)ccc21. The van der Waals surface area contributed by atoms with Crippen LogP contribution in [0.3, 0.4) is 0 Å². The van der Waals surface area contributed by atoms with E-state index in [1.54, 1.807) is 6.92 Å². The molecule has 5 heteroatoms. The Morgan fingerprint density at radius 1 is 0.935 bits per heavy atom. The lowest BCUT2D eigenvalue weighted by atomic mass is 10.0. The summed E-state index contributed by atoms with van der Waals surface area (Å²) in [5, 5.41) is 2.98. The number of rotatable bonds is 5. The highest BCUT2D eigenvalue weighted by molar-refractivity contribution is 5.95. The molecule has 0 fully saturated rings. The van der Waals surface area contributed by atoms with Crippen LogP contribution in [-0.2, 0) is 17.8 Å². The molecule has 2 amide bonds. The van der Waals surface area contributed by atoms with Crippen molar-refractivity contribution in [2.24, 2.45) is 0 Å². The van der Waals surface area contributed by atoms with Gasteiger partial charge in [0.15, 0.2) is 0 Å².